The molecule has 2 rings (SSSR count). The minimum absolute atomic E-state index is 0.0543. The Balaban J connectivity index is 2.01. The molecule has 2 aromatic rings. The summed E-state index contributed by atoms with van der Waals surface area (Å²) in [5, 5.41) is 3.37. The van der Waals surface area contributed by atoms with Crippen LogP contribution in [0.25, 0.3) is 0 Å². The maximum absolute atomic E-state index is 12.3. The van der Waals surface area contributed by atoms with Crippen molar-refractivity contribution in [2.24, 2.45) is 0 Å². The zero-order chi connectivity index (χ0) is 18.9. The van der Waals surface area contributed by atoms with Gasteiger partial charge >= 0.3 is 0 Å². The molecule has 26 heavy (non-hydrogen) atoms. The zero-order valence-electron chi connectivity index (χ0n) is 15.4. The van der Waals surface area contributed by atoms with E-state index in [9.17, 15) is 9.59 Å². The van der Waals surface area contributed by atoms with Crippen LogP contribution in [-0.2, 0) is 17.0 Å². The molecule has 0 aliphatic rings. The van der Waals surface area contributed by atoms with Crippen molar-refractivity contribution in [2.75, 3.05) is 13.7 Å². The number of benzene rings is 1. The average molecular weight is 375 g/mol. The first-order valence-electron chi connectivity index (χ1n) is 8.65. The number of aromatic amines is 1. The van der Waals surface area contributed by atoms with Crippen LogP contribution in [0.15, 0.2) is 34.2 Å². The number of rotatable bonds is 9. The Morgan fingerprint density at radius 1 is 1.38 bits per heavy atom. The van der Waals surface area contributed by atoms with Gasteiger partial charge in [0, 0.05) is 23.6 Å². The molecule has 0 unspecified atom stereocenters. The van der Waals surface area contributed by atoms with E-state index in [1.807, 2.05) is 24.3 Å². The van der Waals surface area contributed by atoms with Crippen molar-refractivity contribution >= 4 is 17.7 Å². The van der Waals surface area contributed by atoms with E-state index in [0.717, 1.165) is 24.2 Å². The summed E-state index contributed by atoms with van der Waals surface area (Å²) in [6.07, 6.45) is 2.00. The van der Waals surface area contributed by atoms with E-state index in [-0.39, 0.29) is 17.9 Å². The largest absolute Gasteiger partial charge is 0.497 e. The molecule has 6 nitrogen and oxygen atoms in total. The van der Waals surface area contributed by atoms with Gasteiger partial charge in [-0.05, 0) is 31.0 Å². The van der Waals surface area contributed by atoms with Crippen LogP contribution in [0.5, 0.6) is 5.75 Å². The molecule has 0 aliphatic carbocycles. The number of methoxy groups -OCH3 is 1. The van der Waals surface area contributed by atoms with E-state index in [0.29, 0.717) is 28.7 Å². The summed E-state index contributed by atoms with van der Waals surface area (Å²) < 4.78 is 5.21. The van der Waals surface area contributed by atoms with Crippen molar-refractivity contribution in [3.05, 3.63) is 51.4 Å². The van der Waals surface area contributed by atoms with Gasteiger partial charge in [-0.25, -0.2) is 4.98 Å². The number of nitrogens with one attached hydrogen (secondary N) is 2. The Labute approximate surface area is 157 Å². The van der Waals surface area contributed by atoms with Crippen molar-refractivity contribution < 1.29 is 9.53 Å². The van der Waals surface area contributed by atoms with E-state index in [1.165, 1.54) is 11.8 Å². The molecular weight excluding hydrogens is 350 g/mol. The molecule has 0 saturated carbocycles. The standard InChI is InChI=1S/C19H25N3O3S/c1-4-5-9-20-17(23)11-16-13(2)21-19(22-18(16)24)26-12-14-7-6-8-15(10-14)25-3/h6-8,10H,4-5,9,11-12H2,1-3H3,(H,20,23)(H,21,22,24). The van der Waals surface area contributed by atoms with Crippen LogP contribution >= 0.6 is 11.8 Å². The molecule has 1 aromatic carbocycles. The summed E-state index contributed by atoms with van der Waals surface area (Å²) in [6.45, 7) is 4.46. The minimum atomic E-state index is -0.253. The molecule has 1 aromatic heterocycles. The summed E-state index contributed by atoms with van der Waals surface area (Å²) in [7, 11) is 1.63. The number of thioether (sulfide) groups is 1. The van der Waals surface area contributed by atoms with Crippen LogP contribution in [0.4, 0.5) is 0 Å². The molecule has 2 N–H and O–H groups in total. The summed E-state index contributed by atoms with van der Waals surface area (Å²) in [5.41, 5.74) is 1.84. The highest BCUT2D eigenvalue weighted by molar-refractivity contribution is 7.98. The van der Waals surface area contributed by atoms with Gasteiger partial charge in [-0.2, -0.15) is 0 Å². The van der Waals surface area contributed by atoms with Crippen molar-refractivity contribution in [3.8, 4) is 5.75 Å². The molecule has 1 amide bonds. The third-order valence-electron chi connectivity index (χ3n) is 3.90. The lowest BCUT2D eigenvalue weighted by molar-refractivity contribution is -0.120. The minimum Gasteiger partial charge on any atom is -0.497 e. The second-order valence-corrected chi connectivity index (χ2v) is 6.92. The number of carbonyl (C=O) groups excluding carboxylic acids is 1. The molecule has 140 valence electrons. The second-order valence-electron chi connectivity index (χ2n) is 5.96. The van der Waals surface area contributed by atoms with Gasteiger partial charge in [-0.1, -0.05) is 37.2 Å². The van der Waals surface area contributed by atoms with Gasteiger partial charge in [-0.15, -0.1) is 0 Å². The van der Waals surface area contributed by atoms with Crippen LogP contribution in [0.1, 0.15) is 36.6 Å². The van der Waals surface area contributed by atoms with Gasteiger partial charge < -0.3 is 15.0 Å². The van der Waals surface area contributed by atoms with E-state index in [4.69, 9.17) is 4.74 Å². The summed E-state index contributed by atoms with van der Waals surface area (Å²) in [6, 6.07) is 7.76. The molecule has 0 radical (unpaired) electrons. The lowest BCUT2D eigenvalue weighted by Crippen LogP contribution is -2.29. The van der Waals surface area contributed by atoms with Gasteiger partial charge in [0.2, 0.25) is 5.91 Å². The summed E-state index contributed by atoms with van der Waals surface area (Å²) >= 11 is 1.44. The third-order valence-corrected chi connectivity index (χ3v) is 4.84. The number of hydrogen-bond acceptors (Lipinski definition) is 5. The molecular formula is C19H25N3O3S. The number of unbranched alkanes of at least 4 members (excludes halogenated alkanes) is 1. The molecule has 0 saturated heterocycles. The fourth-order valence-electron chi connectivity index (χ4n) is 2.40. The fraction of sp³-hybridized carbons (Fsp3) is 0.421. The number of nitrogens with zero attached hydrogens (tertiary/aromatic N) is 1. The van der Waals surface area contributed by atoms with Gasteiger partial charge in [0.05, 0.1) is 13.5 Å². The fourth-order valence-corrected chi connectivity index (χ4v) is 3.25. The number of amides is 1. The first-order valence-corrected chi connectivity index (χ1v) is 9.64. The van der Waals surface area contributed by atoms with E-state index in [1.54, 1.807) is 14.0 Å². The van der Waals surface area contributed by atoms with E-state index in [2.05, 4.69) is 22.2 Å². The lowest BCUT2D eigenvalue weighted by atomic mass is 10.1. The monoisotopic (exact) mass is 375 g/mol. The average Bonchev–Trinajstić information content (AvgIpc) is 2.63. The van der Waals surface area contributed by atoms with Crippen molar-refractivity contribution in [1.82, 2.24) is 15.3 Å². The van der Waals surface area contributed by atoms with Gasteiger partial charge in [0.25, 0.3) is 5.56 Å². The second kappa shape index (κ2) is 10.0. The van der Waals surface area contributed by atoms with Gasteiger partial charge in [0.1, 0.15) is 5.75 Å². The highest BCUT2D eigenvalue weighted by atomic mass is 32.2. The molecule has 0 spiro atoms. The van der Waals surface area contributed by atoms with Crippen LogP contribution in [-0.4, -0.2) is 29.5 Å². The first-order chi connectivity index (χ1) is 12.5. The number of ether oxygens (including phenoxy) is 1. The Hall–Kier alpha value is -2.28. The van der Waals surface area contributed by atoms with E-state index >= 15 is 0 Å². The molecule has 1 heterocycles. The van der Waals surface area contributed by atoms with Crippen LogP contribution < -0.4 is 15.6 Å². The molecule has 0 fully saturated rings. The predicted octanol–water partition coefficient (Wildman–Crippen LogP) is 2.84. The Morgan fingerprint density at radius 3 is 2.88 bits per heavy atom. The predicted molar refractivity (Wildman–Crippen MR) is 104 cm³/mol. The number of H-pyrrole nitrogens is 1. The Morgan fingerprint density at radius 2 is 2.19 bits per heavy atom. The van der Waals surface area contributed by atoms with Crippen molar-refractivity contribution in [1.29, 1.82) is 0 Å². The van der Waals surface area contributed by atoms with Crippen molar-refractivity contribution in [3.63, 3.8) is 0 Å². The van der Waals surface area contributed by atoms with Gasteiger partial charge in [0.15, 0.2) is 5.16 Å². The maximum atomic E-state index is 12.3. The zero-order valence-corrected chi connectivity index (χ0v) is 16.2. The normalized spacial score (nSPS) is 10.6. The first kappa shape index (κ1) is 20.0. The highest BCUT2D eigenvalue weighted by Gasteiger charge is 2.13. The molecule has 7 heteroatoms. The summed E-state index contributed by atoms with van der Waals surface area (Å²) in [4.78, 5) is 31.5. The molecule has 0 atom stereocenters. The number of aromatic nitrogens is 2. The molecule has 0 aliphatic heterocycles. The lowest BCUT2D eigenvalue weighted by Gasteiger charge is -2.08. The van der Waals surface area contributed by atoms with Crippen molar-refractivity contribution in [2.45, 2.75) is 44.0 Å². The SMILES string of the molecule is CCCCNC(=O)Cc1c(C)nc(SCc2cccc(OC)c2)[nH]c1=O. The maximum Gasteiger partial charge on any atom is 0.255 e. The highest BCUT2D eigenvalue weighted by Crippen LogP contribution is 2.21. The van der Waals surface area contributed by atoms with Crippen LogP contribution in [0, 0.1) is 6.92 Å². The Bertz CT molecular complexity index is 805. The van der Waals surface area contributed by atoms with Crippen LogP contribution in [0.3, 0.4) is 0 Å². The summed E-state index contributed by atoms with van der Waals surface area (Å²) in [5.74, 6) is 1.31. The quantitative estimate of drug-likeness (QED) is 0.400. The van der Waals surface area contributed by atoms with Gasteiger partial charge in [-0.3, -0.25) is 9.59 Å². The number of carbonyl (C=O) groups is 1. The number of hydrogen-bond donors (Lipinski definition) is 2. The van der Waals surface area contributed by atoms with Crippen LogP contribution in [0.2, 0.25) is 0 Å². The Kier molecular flexibility index (Phi) is 7.72. The van der Waals surface area contributed by atoms with E-state index < -0.39 is 0 Å². The third kappa shape index (κ3) is 5.91. The molecule has 0 bridgehead atoms. The topological polar surface area (TPSA) is 84.1 Å². The smallest absolute Gasteiger partial charge is 0.255 e. The number of aryl methyl sites for hydroxylation is 1.